The van der Waals surface area contributed by atoms with Crippen molar-refractivity contribution >= 4 is 29.2 Å². The fourth-order valence-corrected chi connectivity index (χ4v) is 3.19. The fraction of sp³-hybridized carbons (Fsp3) is 0.318. The number of para-hydroxylation sites is 2. The summed E-state index contributed by atoms with van der Waals surface area (Å²) in [7, 11) is 1.50. The predicted molar refractivity (Wildman–Crippen MR) is 111 cm³/mol. The number of nitrogens with one attached hydrogen (secondary N) is 1. The Hall–Kier alpha value is -3.55. The number of amides is 2. The van der Waals surface area contributed by atoms with Gasteiger partial charge in [-0.2, -0.15) is 0 Å². The summed E-state index contributed by atoms with van der Waals surface area (Å²) in [6, 6.07) is 14.0. The molecule has 0 aliphatic carbocycles. The molecule has 3 rings (SSSR count). The number of ether oxygens (including phenoxy) is 3. The Labute approximate surface area is 174 Å². The van der Waals surface area contributed by atoms with Gasteiger partial charge in [0, 0.05) is 18.7 Å². The van der Waals surface area contributed by atoms with Gasteiger partial charge in [-0.05, 0) is 43.3 Å². The van der Waals surface area contributed by atoms with Gasteiger partial charge < -0.3 is 24.4 Å². The number of nitrogens with zero attached hydrogens (tertiary/aromatic N) is 1. The molecule has 1 saturated heterocycles. The minimum atomic E-state index is -0.622. The smallest absolute Gasteiger partial charge is 0.311 e. The maximum absolute atomic E-state index is 12.4. The minimum absolute atomic E-state index is 0.0418. The number of hydrogen-bond donors (Lipinski definition) is 1. The number of benzene rings is 2. The maximum Gasteiger partial charge on any atom is 0.311 e. The highest BCUT2D eigenvalue weighted by molar-refractivity contribution is 6.00. The molecular weight excluding hydrogens is 388 g/mol. The lowest BCUT2D eigenvalue weighted by Crippen LogP contribution is -2.28. The molecule has 0 unspecified atom stereocenters. The summed E-state index contributed by atoms with van der Waals surface area (Å²) in [6.45, 7) is 2.22. The molecule has 0 saturated carbocycles. The first kappa shape index (κ1) is 21.2. The fourth-order valence-electron chi connectivity index (χ4n) is 3.19. The van der Waals surface area contributed by atoms with Crippen LogP contribution < -0.4 is 19.7 Å². The number of hydrogen-bond acceptors (Lipinski definition) is 6. The minimum Gasteiger partial charge on any atom is -0.495 e. The molecule has 158 valence electrons. The topological polar surface area (TPSA) is 94.2 Å². The van der Waals surface area contributed by atoms with E-state index in [1.165, 1.54) is 12.0 Å². The third-order valence-corrected chi connectivity index (χ3v) is 4.64. The van der Waals surface area contributed by atoms with E-state index in [9.17, 15) is 14.4 Å². The van der Waals surface area contributed by atoms with Gasteiger partial charge in [-0.25, -0.2) is 0 Å². The molecule has 1 heterocycles. The van der Waals surface area contributed by atoms with E-state index >= 15 is 0 Å². The zero-order valence-corrected chi connectivity index (χ0v) is 16.9. The molecule has 1 atom stereocenters. The lowest BCUT2D eigenvalue weighted by molar-refractivity contribution is -0.151. The molecule has 2 aromatic rings. The number of anilines is 2. The van der Waals surface area contributed by atoms with Crippen LogP contribution >= 0.6 is 0 Å². The molecule has 8 nitrogen and oxygen atoms in total. The summed E-state index contributed by atoms with van der Waals surface area (Å²) in [6.07, 6.45) is 0.0418. The highest BCUT2D eigenvalue weighted by Crippen LogP contribution is 2.27. The first-order chi connectivity index (χ1) is 14.5. The molecule has 0 spiro atoms. The predicted octanol–water partition coefficient (Wildman–Crippen LogP) is 2.63. The Bertz CT molecular complexity index is 912. The number of esters is 1. The molecule has 2 amide bonds. The molecule has 1 aliphatic heterocycles. The van der Waals surface area contributed by atoms with E-state index < -0.39 is 24.4 Å². The summed E-state index contributed by atoms with van der Waals surface area (Å²) in [5, 5.41) is 2.64. The van der Waals surface area contributed by atoms with Crippen molar-refractivity contribution in [3.63, 3.8) is 0 Å². The van der Waals surface area contributed by atoms with Gasteiger partial charge in [0.2, 0.25) is 5.91 Å². The van der Waals surface area contributed by atoms with Crippen LogP contribution in [0.1, 0.15) is 13.3 Å². The van der Waals surface area contributed by atoms with Crippen molar-refractivity contribution in [2.45, 2.75) is 13.3 Å². The number of carbonyl (C=O) groups excluding carboxylic acids is 3. The first-order valence-electron chi connectivity index (χ1n) is 9.64. The molecule has 2 aromatic carbocycles. The van der Waals surface area contributed by atoms with Crippen LogP contribution in [0.25, 0.3) is 0 Å². The van der Waals surface area contributed by atoms with Gasteiger partial charge in [-0.15, -0.1) is 0 Å². The Morgan fingerprint density at radius 2 is 1.87 bits per heavy atom. The highest BCUT2D eigenvalue weighted by atomic mass is 16.5. The Kier molecular flexibility index (Phi) is 6.90. The van der Waals surface area contributed by atoms with Gasteiger partial charge in [0.25, 0.3) is 5.91 Å². The molecule has 1 fully saturated rings. The second kappa shape index (κ2) is 9.78. The van der Waals surface area contributed by atoms with E-state index in [4.69, 9.17) is 14.2 Å². The van der Waals surface area contributed by atoms with Crippen molar-refractivity contribution in [2.75, 3.05) is 37.1 Å². The number of carbonyl (C=O) groups is 3. The van der Waals surface area contributed by atoms with Gasteiger partial charge in [-0.1, -0.05) is 12.1 Å². The van der Waals surface area contributed by atoms with Gasteiger partial charge >= 0.3 is 5.97 Å². The summed E-state index contributed by atoms with van der Waals surface area (Å²) < 4.78 is 15.7. The molecule has 0 aromatic heterocycles. The summed E-state index contributed by atoms with van der Waals surface area (Å²) in [5.74, 6) is -0.635. The average Bonchev–Trinajstić information content (AvgIpc) is 3.15. The van der Waals surface area contributed by atoms with Crippen molar-refractivity contribution in [2.24, 2.45) is 5.92 Å². The van der Waals surface area contributed by atoms with E-state index in [0.717, 1.165) is 0 Å². The normalized spacial score (nSPS) is 15.6. The third kappa shape index (κ3) is 5.08. The quantitative estimate of drug-likeness (QED) is 0.670. The second-order valence-corrected chi connectivity index (χ2v) is 6.69. The summed E-state index contributed by atoms with van der Waals surface area (Å²) >= 11 is 0. The lowest BCUT2D eigenvalue weighted by Gasteiger charge is -2.17. The Morgan fingerprint density at radius 1 is 1.13 bits per heavy atom. The van der Waals surface area contributed by atoms with Crippen LogP contribution in [0.15, 0.2) is 48.5 Å². The van der Waals surface area contributed by atoms with E-state index in [0.29, 0.717) is 29.5 Å². The molecule has 1 N–H and O–H groups in total. The van der Waals surface area contributed by atoms with Crippen LogP contribution in [0, 0.1) is 5.92 Å². The zero-order valence-electron chi connectivity index (χ0n) is 16.9. The maximum atomic E-state index is 12.4. The second-order valence-electron chi connectivity index (χ2n) is 6.69. The van der Waals surface area contributed by atoms with Crippen LogP contribution in [0.2, 0.25) is 0 Å². The average molecular weight is 412 g/mol. The van der Waals surface area contributed by atoms with Crippen LogP contribution in [0.5, 0.6) is 11.5 Å². The van der Waals surface area contributed by atoms with E-state index in [1.54, 1.807) is 48.5 Å². The van der Waals surface area contributed by atoms with E-state index in [2.05, 4.69) is 5.32 Å². The van der Waals surface area contributed by atoms with Crippen LogP contribution in [-0.4, -0.2) is 44.7 Å². The molecule has 0 radical (unpaired) electrons. The summed E-state index contributed by atoms with van der Waals surface area (Å²) in [5.41, 5.74) is 1.17. The van der Waals surface area contributed by atoms with Crippen molar-refractivity contribution in [3.05, 3.63) is 48.5 Å². The number of rotatable bonds is 8. The Morgan fingerprint density at radius 3 is 2.57 bits per heavy atom. The standard InChI is InChI=1S/C22H24N2O6/c1-3-29-17-10-8-16(9-11-17)24-13-15(12-21(24)26)22(27)30-14-20(25)23-18-6-4-5-7-19(18)28-2/h4-11,15H,3,12-14H2,1-2H3,(H,23,25)/t15-/m1/s1. The zero-order chi connectivity index (χ0) is 21.5. The van der Waals surface area contributed by atoms with E-state index in [-0.39, 0.29) is 18.9 Å². The van der Waals surface area contributed by atoms with Crippen molar-refractivity contribution in [1.29, 1.82) is 0 Å². The first-order valence-corrected chi connectivity index (χ1v) is 9.64. The van der Waals surface area contributed by atoms with Gasteiger partial charge in [-0.3, -0.25) is 14.4 Å². The van der Waals surface area contributed by atoms with Crippen LogP contribution in [0.3, 0.4) is 0 Å². The monoisotopic (exact) mass is 412 g/mol. The molecule has 0 bridgehead atoms. The van der Waals surface area contributed by atoms with Crippen LogP contribution in [0.4, 0.5) is 11.4 Å². The summed E-state index contributed by atoms with van der Waals surface area (Å²) in [4.78, 5) is 38.3. The van der Waals surface area contributed by atoms with Gasteiger partial charge in [0.1, 0.15) is 11.5 Å². The number of methoxy groups -OCH3 is 1. The van der Waals surface area contributed by atoms with Crippen LogP contribution in [-0.2, 0) is 19.1 Å². The Balaban J connectivity index is 1.52. The largest absolute Gasteiger partial charge is 0.495 e. The third-order valence-electron chi connectivity index (χ3n) is 4.64. The van der Waals surface area contributed by atoms with Gasteiger partial charge in [0.05, 0.1) is 25.3 Å². The SMILES string of the molecule is CCOc1ccc(N2C[C@H](C(=O)OCC(=O)Nc3ccccc3OC)CC2=O)cc1. The van der Waals surface area contributed by atoms with E-state index in [1.807, 2.05) is 6.92 Å². The molecule has 1 aliphatic rings. The molecular formula is C22H24N2O6. The highest BCUT2D eigenvalue weighted by Gasteiger charge is 2.36. The van der Waals surface area contributed by atoms with Crippen molar-refractivity contribution < 1.29 is 28.6 Å². The van der Waals surface area contributed by atoms with Gasteiger partial charge in [0.15, 0.2) is 6.61 Å². The molecule has 30 heavy (non-hydrogen) atoms. The molecule has 8 heteroatoms. The lowest BCUT2D eigenvalue weighted by atomic mass is 10.1. The van der Waals surface area contributed by atoms with Crippen molar-refractivity contribution in [3.8, 4) is 11.5 Å². The van der Waals surface area contributed by atoms with Crippen molar-refractivity contribution in [1.82, 2.24) is 0 Å².